The molecule has 0 radical (unpaired) electrons. The molecule has 0 aromatic rings. The van der Waals surface area contributed by atoms with E-state index in [0.29, 0.717) is 6.61 Å². The summed E-state index contributed by atoms with van der Waals surface area (Å²) in [6.45, 7) is 0.325. The smallest absolute Gasteiger partial charge is 0.184 e. The van der Waals surface area contributed by atoms with Crippen LogP contribution in [0.3, 0.4) is 0 Å². The first-order valence-corrected chi connectivity index (χ1v) is 5.10. The maximum atomic E-state index is 9.74. The SMILES string of the molecule is COC[C@H]1O[C@@H](O)[C@@H](OC)[C@@H](OC)[C@@H]1OC. The molecule has 1 rings (SSSR count). The zero-order valence-electron chi connectivity index (χ0n) is 10.1. The summed E-state index contributed by atoms with van der Waals surface area (Å²) in [5, 5.41) is 9.74. The topological polar surface area (TPSA) is 66.4 Å². The Morgan fingerprint density at radius 3 is 1.94 bits per heavy atom. The van der Waals surface area contributed by atoms with Gasteiger partial charge in [0.2, 0.25) is 0 Å². The summed E-state index contributed by atoms with van der Waals surface area (Å²) in [6.07, 6.45) is -2.71. The van der Waals surface area contributed by atoms with Crippen LogP contribution >= 0.6 is 0 Å². The lowest BCUT2D eigenvalue weighted by Gasteiger charge is -2.42. The third kappa shape index (κ3) is 2.71. The summed E-state index contributed by atoms with van der Waals surface area (Å²) in [7, 11) is 6.16. The van der Waals surface area contributed by atoms with Crippen LogP contribution in [0.15, 0.2) is 0 Å². The Kier molecular flexibility index (Phi) is 5.60. The van der Waals surface area contributed by atoms with E-state index in [1.807, 2.05) is 0 Å². The van der Waals surface area contributed by atoms with Gasteiger partial charge in [-0.15, -0.1) is 0 Å². The van der Waals surface area contributed by atoms with E-state index in [2.05, 4.69) is 0 Å². The molecule has 0 unspecified atom stereocenters. The predicted octanol–water partition coefficient (Wildman–Crippen LogP) is -0.605. The second-order valence-corrected chi connectivity index (χ2v) is 3.62. The summed E-state index contributed by atoms with van der Waals surface area (Å²) < 4.78 is 26.1. The van der Waals surface area contributed by atoms with Crippen molar-refractivity contribution in [2.75, 3.05) is 35.0 Å². The maximum absolute atomic E-state index is 9.74. The highest BCUT2D eigenvalue weighted by molar-refractivity contribution is 4.91. The van der Waals surface area contributed by atoms with Gasteiger partial charge in [-0.25, -0.2) is 0 Å². The molecule has 0 aromatic carbocycles. The van der Waals surface area contributed by atoms with Gasteiger partial charge in [0.1, 0.15) is 24.4 Å². The number of rotatable bonds is 5. The van der Waals surface area contributed by atoms with E-state index >= 15 is 0 Å². The van der Waals surface area contributed by atoms with E-state index in [1.54, 1.807) is 21.3 Å². The Balaban J connectivity index is 2.78. The third-order valence-electron chi connectivity index (χ3n) is 2.76. The van der Waals surface area contributed by atoms with Crippen LogP contribution in [0.4, 0.5) is 0 Å². The first-order valence-electron chi connectivity index (χ1n) is 5.10. The number of aliphatic hydroxyl groups is 1. The van der Waals surface area contributed by atoms with Crippen molar-refractivity contribution in [2.45, 2.75) is 30.7 Å². The molecule has 1 fully saturated rings. The van der Waals surface area contributed by atoms with Gasteiger partial charge in [-0.1, -0.05) is 0 Å². The van der Waals surface area contributed by atoms with Gasteiger partial charge in [-0.3, -0.25) is 0 Å². The minimum absolute atomic E-state index is 0.325. The molecule has 6 heteroatoms. The van der Waals surface area contributed by atoms with E-state index in [4.69, 9.17) is 23.7 Å². The zero-order valence-corrected chi connectivity index (χ0v) is 10.1. The van der Waals surface area contributed by atoms with Crippen molar-refractivity contribution in [1.82, 2.24) is 0 Å². The van der Waals surface area contributed by atoms with Crippen molar-refractivity contribution < 1.29 is 28.8 Å². The van der Waals surface area contributed by atoms with Crippen LogP contribution in [-0.4, -0.2) is 70.9 Å². The van der Waals surface area contributed by atoms with Gasteiger partial charge in [0.25, 0.3) is 0 Å². The molecule has 0 aromatic heterocycles. The molecule has 0 saturated carbocycles. The van der Waals surface area contributed by atoms with Gasteiger partial charge in [-0.2, -0.15) is 0 Å². The Morgan fingerprint density at radius 1 is 0.938 bits per heavy atom. The lowest BCUT2D eigenvalue weighted by Crippen LogP contribution is -2.60. The van der Waals surface area contributed by atoms with E-state index in [-0.39, 0.29) is 18.3 Å². The summed E-state index contributed by atoms with van der Waals surface area (Å²) in [5.41, 5.74) is 0. The van der Waals surface area contributed by atoms with Gasteiger partial charge >= 0.3 is 0 Å². The third-order valence-corrected chi connectivity index (χ3v) is 2.76. The van der Waals surface area contributed by atoms with Crippen LogP contribution in [0.25, 0.3) is 0 Å². The summed E-state index contributed by atoms with van der Waals surface area (Å²) in [4.78, 5) is 0. The second-order valence-electron chi connectivity index (χ2n) is 3.62. The fourth-order valence-corrected chi connectivity index (χ4v) is 2.00. The number of aliphatic hydroxyl groups excluding tert-OH is 1. The van der Waals surface area contributed by atoms with Gasteiger partial charge in [0.05, 0.1) is 6.61 Å². The van der Waals surface area contributed by atoms with E-state index < -0.39 is 12.4 Å². The fourth-order valence-electron chi connectivity index (χ4n) is 2.00. The molecule has 16 heavy (non-hydrogen) atoms. The summed E-state index contributed by atoms with van der Waals surface area (Å²) in [5.74, 6) is 0. The van der Waals surface area contributed by atoms with Crippen molar-refractivity contribution in [3.05, 3.63) is 0 Å². The average Bonchev–Trinajstić information content (AvgIpc) is 2.28. The van der Waals surface area contributed by atoms with E-state index in [9.17, 15) is 5.11 Å². The number of hydrogen-bond acceptors (Lipinski definition) is 6. The molecule has 6 nitrogen and oxygen atoms in total. The first kappa shape index (κ1) is 13.8. The highest BCUT2D eigenvalue weighted by Crippen LogP contribution is 2.25. The summed E-state index contributed by atoms with van der Waals surface area (Å²) in [6, 6.07) is 0. The van der Waals surface area contributed by atoms with E-state index in [0.717, 1.165) is 0 Å². The lowest BCUT2D eigenvalue weighted by molar-refractivity contribution is -0.300. The molecule has 1 aliphatic rings. The Labute approximate surface area is 95.4 Å². The standard InChI is InChI=1S/C10H20O6/c1-12-5-6-7(13-2)8(14-3)9(15-4)10(11)16-6/h6-11H,5H2,1-4H3/t6-,7-,8+,9+,10-/m1/s1. The number of ether oxygens (including phenoxy) is 5. The zero-order chi connectivity index (χ0) is 12.1. The second kappa shape index (κ2) is 6.48. The minimum atomic E-state index is -1.04. The predicted molar refractivity (Wildman–Crippen MR) is 55.1 cm³/mol. The van der Waals surface area contributed by atoms with Crippen LogP contribution < -0.4 is 0 Å². The van der Waals surface area contributed by atoms with Crippen molar-refractivity contribution in [1.29, 1.82) is 0 Å². The molecule has 1 heterocycles. The molecule has 0 spiro atoms. The molecular formula is C10H20O6. The van der Waals surface area contributed by atoms with Crippen LogP contribution in [-0.2, 0) is 23.7 Å². The van der Waals surface area contributed by atoms with Crippen LogP contribution in [0.5, 0.6) is 0 Å². The molecule has 5 atom stereocenters. The molecule has 1 saturated heterocycles. The average molecular weight is 236 g/mol. The highest BCUT2D eigenvalue weighted by atomic mass is 16.7. The summed E-state index contributed by atoms with van der Waals surface area (Å²) >= 11 is 0. The van der Waals surface area contributed by atoms with Gasteiger partial charge in [0, 0.05) is 28.4 Å². The Bertz CT molecular complexity index is 200. The lowest BCUT2D eigenvalue weighted by atomic mass is 9.98. The largest absolute Gasteiger partial charge is 0.382 e. The monoisotopic (exact) mass is 236 g/mol. The quantitative estimate of drug-likeness (QED) is 0.687. The number of methoxy groups -OCH3 is 4. The van der Waals surface area contributed by atoms with Crippen LogP contribution in [0, 0.1) is 0 Å². The van der Waals surface area contributed by atoms with Gasteiger partial charge < -0.3 is 28.8 Å². The molecule has 1 aliphatic heterocycles. The highest BCUT2D eigenvalue weighted by Gasteiger charge is 2.46. The van der Waals surface area contributed by atoms with Crippen molar-refractivity contribution in [2.24, 2.45) is 0 Å². The van der Waals surface area contributed by atoms with Gasteiger partial charge in [0.15, 0.2) is 6.29 Å². The van der Waals surface area contributed by atoms with E-state index in [1.165, 1.54) is 7.11 Å². The first-order chi connectivity index (χ1) is 7.69. The molecular weight excluding hydrogens is 216 g/mol. The molecule has 1 N–H and O–H groups in total. The normalized spacial score (nSPS) is 39.9. The fraction of sp³-hybridized carbons (Fsp3) is 1.00. The number of hydrogen-bond donors (Lipinski definition) is 1. The molecule has 96 valence electrons. The van der Waals surface area contributed by atoms with Gasteiger partial charge in [-0.05, 0) is 0 Å². The van der Waals surface area contributed by atoms with Crippen LogP contribution in [0.1, 0.15) is 0 Å². The molecule has 0 aliphatic carbocycles. The van der Waals surface area contributed by atoms with Crippen molar-refractivity contribution in [3.8, 4) is 0 Å². The Hall–Kier alpha value is -0.240. The van der Waals surface area contributed by atoms with Crippen molar-refractivity contribution in [3.63, 3.8) is 0 Å². The van der Waals surface area contributed by atoms with Crippen molar-refractivity contribution >= 4 is 0 Å². The molecule has 0 bridgehead atoms. The maximum Gasteiger partial charge on any atom is 0.184 e. The molecule has 0 amide bonds. The van der Waals surface area contributed by atoms with Crippen LogP contribution in [0.2, 0.25) is 0 Å². The Morgan fingerprint density at radius 2 is 1.50 bits per heavy atom. The minimum Gasteiger partial charge on any atom is -0.382 e.